The number of hydrogen-bond donors (Lipinski definition) is 1. The Labute approximate surface area is 139 Å². The van der Waals surface area contributed by atoms with Crippen molar-refractivity contribution in [2.45, 2.75) is 24.2 Å². The van der Waals surface area contributed by atoms with Crippen LogP contribution in [0.25, 0.3) is 11.1 Å². The molecule has 9 heteroatoms. The van der Waals surface area contributed by atoms with Crippen LogP contribution in [0.2, 0.25) is 0 Å². The van der Waals surface area contributed by atoms with Gasteiger partial charge in [0.15, 0.2) is 5.58 Å². The van der Waals surface area contributed by atoms with Crippen molar-refractivity contribution < 1.29 is 17.6 Å². The van der Waals surface area contributed by atoms with E-state index in [-0.39, 0.29) is 29.4 Å². The van der Waals surface area contributed by atoms with Crippen LogP contribution in [0.15, 0.2) is 32.3 Å². The Morgan fingerprint density at radius 1 is 1.29 bits per heavy atom. The standard InChI is InChI=1S/C15H19N3O5S/c1-17-12-5-4-11(10-13(12)23-15(17)20)24(21,22)16-7-6-14(19)18-8-2-3-9-18/h4-5,10,16H,2-3,6-9H2,1H3. The summed E-state index contributed by atoms with van der Waals surface area (Å²) in [6, 6.07) is 4.23. The van der Waals surface area contributed by atoms with Crippen molar-refractivity contribution >= 4 is 27.0 Å². The van der Waals surface area contributed by atoms with E-state index < -0.39 is 15.8 Å². The molecule has 0 spiro atoms. The minimum absolute atomic E-state index is 0.00188. The number of oxazole rings is 1. The number of sulfonamides is 1. The smallest absolute Gasteiger partial charge is 0.408 e. The maximum absolute atomic E-state index is 12.3. The molecular formula is C15H19N3O5S. The van der Waals surface area contributed by atoms with Gasteiger partial charge in [0.2, 0.25) is 15.9 Å². The summed E-state index contributed by atoms with van der Waals surface area (Å²) in [5.74, 6) is -0.594. The highest BCUT2D eigenvalue weighted by atomic mass is 32.2. The summed E-state index contributed by atoms with van der Waals surface area (Å²) < 4.78 is 33.3. The van der Waals surface area contributed by atoms with Crippen LogP contribution in [-0.4, -0.2) is 43.4 Å². The molecule has 1 aliphatic heterocycles. The third-order valence-corrected chi connectivity index (χ3v) is 5.62. The average molecular weight is 353 g/mol. The van der Waals surface area contributed by atoms with Crippen LogP contribution >= 0.6 is 0 Å². The van der Waals surface area contributed by atoms with Crippen molar-refractivity contribution in [2.24, 2.45) is 7.05 Å². The number of nitrogens with one attached hydrogen (secondary N) is 1. The lowest BCUT2D eigenvalue weighted by atomic mass is 10.3. The Morgan fingerprint density at radius 2 is 2.00 bits per heavy atom. The summed E-state index contributed by atoms with van der Waals surface area (Å²) in [4.78, 5) is 25.1. The first kappa shape index (κ1) is 16.7. The molecule has 0 radical (unpaired) electrons. The van der Waals surface area contributed by atoms with Gasteiger partial charge in [0.1, 0.15) is 0 Å². The first-order valence-electron chi connectivity index (χ1n) is 7.75. The van der Waals surface area contributed by atoms with Crippen LogP contribution in [0, 0.1) is 0 Å². The molecule has 0 bridgehead atoms. The predicted molar refractivity (Wildman–Crippen MR) is 87.1 cm³/mol. The van der Waals surface area contributed by atoms with Gasteiger partial charge in [-0.1, -0.05) is 0 Å². The summed E-state index contributed by atoms with van der Waals surface area (Å²) in [5, 5.41) is 0. The molecule has 1 aromatic heterocycles. The third kappa shape index (κ3) is 3.22. The second-order valence-electron chi connectivity index (χ2n) is 5.79. The summed E-state index contributed by atoms with van der Waals surface area (Å²) in [5.41, 5.74) is 0.724. The average Bonchev–Trinajstić information content (AvgIpc) is 3.16. The quantitative estimate of drug-likeness (QED) is 0.839. The van der Waals surface area contributed by atoms with E-state index in [9.17, 15) is 18.0 Å². The number of benzene rings is 1. The van der Waals surface area contributed by atoms with Gasteiger partial charge in [0.25, 0.3) is 0 Å². The zero-order valence-corrected chi connectivity index (χ0v) is 14.1. The van der Waals surface area contributed by atoms with E-state index in [1.807, 2.05) is 0 Å². The highest BCUT2D eigenvalue weighted by molar-refractivity contribution is 7.89. The SMILES string of the molecule is Cn1c(=O)oc2cc(S(=O)(=O)NCCC(=O)N3CCCC3)ccc21. The summed E-state index contributed by atoms with van der Waals surface area (Å²) in [6.45, 7) is 1.53. The number of aryl methyl sites for hydroxylation is 1. The molecule has 1 aliphatic rings. The highest BCUT2D eigenvalue weighted by Crippen LogP contribution is 2.18. The van der Waals surface area contributed by atoms with Crippen LogP contribution in [0.3, 0.4) is 0 Å². The Balaban J connectivity index is 1.68. The molecule has 130 valence electrons. The number of hydrogen-bond acceptors (Lipinski definition) is 5. The fraction of sp³-hybridized carbons (Fsp3) is 0.467. The predicted octanol–water partition coefficient (Wildman–Crippen LogP) is 0.422. The second-order valence-corrected chi connectivity index (χ2v) is 7.56. The molecular weight excluding hydrogens is 334 g/mol. The van der Waals surface area contributed by atoms with E-state index in [1.165, 1.54) is 22.8 Å². The topological polar surface area (TPSA) is 102 Å². The van der Waals surface area contributed by atoms with Crippen LogP contribution in [0.1, 0.15) is 19.3 Å². The van der Waals surface area contributed by atoms with Gasteiger partial charge in [-0.25, -0.2) is 17.9 Å². The molecule has 0 unspecified atom stereocenters. The van der Waals surface area contributed by atoms with Crippen molar-refractivity contribution in [1.82, 2.24) is 14.2 Å². The molecule has 8 nitrogen and oxygen atoms in total. The maximum atomic E-state index is 12.3. The number of likely N-dealkylation sites (tertiary alicyclic amines) is 1. The highest BCUT2D eigenvalue weighted by Gasteiger charge is 2.20. The number of amides is 1. The first-order chi connectivity index (χ1) is 11.4. The minimum Gasteiger partial charge on any atom is -0.408 e. The molecule has 3 rings (SSSR count). The zero-order chi connectivity index (χ0) is 17.3. The van der Waals surface area contributed by atoms with Gasteiger partial charge in [-0.2, -0.15) is 0 Å². The molecule has 1 N–H and O–H groups in total. The number of carbonyl (C=O) groups is 1. The van der Waals surface area contributed by atoms with Crippen molar-refractivity contribution in [3.8, 4) is 0 Å². The monoisotopic (exact) mass is 353 g/mol. The zero-order valence-electron chi connectivity index (χ0n) is 13.3. The molecule has 24 heavy (non-hydrogen) atoms. The summed E-state index contributed by atoms with van der Waals surface area (Å²) >= 11 is 0. The Bertz CT molecular complexity index is 922. The third-order valence-electron chi connectivity index (χ3n) is 4.16. The second kappa shape index (κ2) is 6.40. The molecule has 2 heterocycles. The molecule has 0 saturated carbocycles. The van der Waals surface area contributed by atoms with E-state index in [1.54, 1.807) is 11.9 Å². The summed E-state index contributed by atoms with van der Waals surface area (Å²) in [6.07, 6.45) is 2.13. The molecule has 0 atom stereocenters. The summed E-state index contributed by atoms with van der Waals surface area (Å²) in [7, 11) is -2.22. The number of carbonyl (C=O) groups excluding carboxylic acids is 1. The Morgan fingerprint density at radius 3 is 2.71 bits per heavy atom. The largest absolute Gasteiger partial charge is 0.419 e. The lowest BCUT2D eigenvalue weighted by Crippen LogP contribution is -2.32. The molecule has 1 saturated heterocycles. The molecule has 1 fully saturated rings. The van der Waals surface area contributed by atoms with Gasteiger partial charge in [0.05, 0.1) is 10.4 Å². The minimum atomic E-state index is -3.77. The molecule has 1 amide bonds. The van der Waals surface area contributed by atoms with Crippen molar-refractivity contribution in [1.29, 1.82) is 0 Å². The van der Waals surface area contributed by atoms with Crippen LogP contribution in [0.4, 0.5) is 0 Å². The van der Waals surface area contributed by atoms with Crippen molar-refractivity contribution in [2.75, 3.05) is 19.6 Å². The fourth-order valence-corrected chi connectivity index (χ4v) is 3.83. The van der Waals surface area contributed by atoms with Gasteiger partial charge in [0, 0.05) is 39.2 Å². The van der Waals surface area contributed by atoms with Gasteiger partial charge in [-0.3, -0.25) is 9.36 Å². The first-order valence-corrected chi connectivity index (χ1v) is 9.24. The van der Waals surface area contributed by atoms with Gasteiger partial charge in [-0.05, 0) is 25.0 Å². The van der Waals surface area contributed by atoms with Crippen molar-refractivity contribution in [3.63, 3.8) is 0 Å². The van der Waals surface area contributed by atoms with E-state index in [4.69, 9.17) is 4.42 Å². The number of rotatable bonds is 5. The van der Waals surface area contributed by atoms with E-state index in [0.717, 1.165) is 25.9 Å². The van der Waals surface area contributed by atoms with Gasteiger partial charge in [-0.15, -0.1) is 0 Å². The number of nitrogens with zero attached hydrogens (tertiary/aromatic N) is 2. The number of aromatic nitrogens is 1. The van der Waals surface area contributed by atoms with E-state index in [0.29, 0.717) is 5.52 Å². The van der Waals surface area contributed by atoms with Crippen molar-refractivity contribution in [3.05, 3.63) is 28.7 Å². The van der Waals surface area contributed by atoms with Gasteiger partial charge < -0.3 is 9.32 Å². The van der Waals surface area contributed by atoms with Crippen LogP contribution in [-0.2, 0) is 21.9 Å². The van der Waals surface area contributed by atoms with E-state index >= 15 is 0 Å². The fourth-order valence-electron chi connectivity index (χ4n) is 2.78. The lowest BCUT2D eigenvalue weighted by molar-refractivity contribution is -0.129. The van der Waals surface area contributed by atoms with Crippen LogP contribution in [0.5, 0.6) is 0 Å². The van der Waals surface area contributed by atoms with Crippen LogP contribution < -0.4 is 10.5 Å². The molecule has 2 aromatic rings. The lowest BCUT2D eigenvalue weighted by Gasteiger charge is -2.15. The maximum Gasteiger partial charge on any atom is 0.419 e. The normalized spacial score (nSPS) is 15.3. The molecule has 0 aliphatic carbocycles. The van der Waals surface area contributed by atoms with E-state index in [2.05, 4.69) is 4.72 Å². The number of fused-ring (bicyclic) bond motifs is 1. The van der Waals surface area contributed by atoms with Gasteiger partial charge >= 0.3 is 5.76 Å². The Hall–Kier alpha value is -2.13. The Kier molecular flexibility index (Phi) is 4.46. The molecule has 1 aromatic carbocycles.